The van der Waals surface area contributed by atoms with Crippen molar-refractivity contribution in [1.29, 1.82) is 0 Å². The summed E-state index contributed by atoms with van der Waals surface area (Å²) >= 11 is 11.6. The Bertz CT molecular complexity index is 520. The number of carbonyl (C=O) groups excluding carboxylic acids is 2. The van der Waals surface area contributed by atoms with E-state index < -0.39 is 17.9 Å². The third-order valence-corrected chi connectivity index (χ3v) is 3.11. The average Bonchev–Trinajstić information content (AvgIpc) is 2.36. The van der Waals surface area contributed by atoms with Crippen molar-refractivity contribution in [3.63, 3.8) is 0 Å². The van der Waals surface area contributed by atoms with E-state index in [1.807, 2.05) is 13.8 Å². The Balaban J connectivity index is 2.54. The summed E-state index contributed by atoms with van der Waals surface area (Å²) < 4.78 is 5.22. The molecule has 0 bridgehead atoms. The van der Waals surface area contributed by atoms with Gasteiger partial charge in [-0.15, -0.1) is 0 Å². The second-order valence-electron chi connectivity index (χ2n) is 4.93. The minimum Gasteiger partial charge on any atom is -0.548 e. The Kier molecular flexibility index (Phi) is 6.78. The van der Waals surface area contributed by atoms with Crippen molar-refractivity contribution in [2.24, 2.45) is 5.92 Å². The van der Waals surface area contributed by atoms with Crippen LogP contribution in [0.1, 0.15) is 20.3 Å². The number of carboxylic acid groups (broad SMARTS) is 1. The van der Waals surface area contributed by atoms with Crippen molar-refractivity contribution in [2.45, 2.75) is 26.3 Å². The van der Waals surface area contributed by atoms with Crippen LogP contribution in [0.25, 0.3) is 0 Å². The molecule has 1 aromatic rings. The van der Waals surface area contributed by atoms with E-state index in [9.17, 15) is 14.7 Å². The molecule has 0 aliphatic rings. The van der Waals surface area contributed by atoms with Gasteiger partial charge in [0.15, 0.2) is 6.61 Å². The molecular formula is C14H16Cl2NO4-. The van der Waals surface area contributed by atoms with Crippen LogP contribution in [-0.2, 0) is 9.59 Å². The quantitative estimate of drug-likeness (QED) is 0.823. The van der Waals surface area contributed by atoms with Gasteiger partial charge in [0.1, 0.15) is 5.75 Å². The summed E-state index contributed by atoms with van der Waals surface area (Å²) in [4.78, 5) is 22.6. The Morgan fingerprint density at radius 1 is 1.33 bits per heavy atom. The fraction of sp³-hybridized carbons (Fsp3) is 0.429. The van der Waals surface area contributed by atoms with Gasteiger partial charge in [0.2, 0.25) is 0 Å². The van der Waals surface area contributed by atoms with E-state index in [0.29, 0.717) is 10.8 Å². The first-order valence-corrected chi connectivity index (χ1v) is 7.13. The van der Waals surface area contributed by atoms with Crippen molar-refractivity contribution in [1.82, 2.24) is 5.32 Å². The van der Waals surface area contributed by atoms with Crippen molar-refractivity contribution in [3.8, 4) is 5.75 Å². The molecule has 0 saturated heterocycles. The number of nitrogens with one attached hydrogen (secondary N) is 1. The maximum absolute atomic E-state index is 11.7. The molecule has 1 amide bonds. The molecule has 0 aromatic heterocycles. The molecule has 1 rings (SSSR count). The Hall–Kier alpha value is -1.46. The van der Waals surface area contributed by atoms with Crippen LogP contribution in [0, 0.1) is 5.92 Å². The first-order valence-electron chi connectivity index (χ1n) is 6.37. The lowest BCUT2D eigenvalue weighted by molar-refractivity contribution is -0.308. The average molecular weight is 333 g/mol. The van der Waals surface area contributed by atoms with Gasteiger partial charge in [0, 0.05) is 5.02 Å². The topological polar surface area (TPSA) is 78.5 Å². The van der Waals surface area contributed by atoms with Crippen molar-refractivity contribution >= 4 is 35.1 Å². The minimum absolute atomic E-state index is 0.111. The molecule has 0 saturated carbocycles. The highest BCUT2D eigenvalue weighted by atomic mass is 35.5. The van der Waals surface area contributed by atoms with Gasteiger partial charge in [-0.25, -0.2) is 0 Å². The third kappa shape index (κ3) is 6.23. The summed E-state index contributed by atoms with van der Waals surface area (Å²) in [6, 6.07) is 3.55. The molecule has 0 fully saturated rings. The van der Waals surface area contributed by atoms with Crippen LogP contribution in [0.3, 0.4) is 0 Å². The van der Waals surface area contributed by atoms with Gasteiger partial charge in [-0.2, -0.15) is 0 Å². The molecule has 0 heterocycles. The largest absolute Gasteiger partial charge is 0.548 e. The fourth-order valence-electron chi connectivity index (χ4n) is 1.66. The zero-order valence-corrected chi connectivity index (χ0v) is 13.2. The predicted octanol–water partition coefficient (Wildman–Crippen LogP) is 1.65. The number of hydrogen-bond acceptors (Lipinski definition) is 4. The van der Waals surface area contributed by atoms with Crippen LogP contribution in [0.15, 0.2) is 18.2 Å². The van der Waals surface area contributed by atoms with E-state index in [1.54, 1.807) is 6.07 Å². The highest BCUT2D eigenvalue weighted by Gasteiger charge is 2.15. The summed E-state index contributed by atoms with van der Waals surface area (Å²) in [6.45, 7) is 3.36. The van der Waals surface area contributed by atoms with E-state index in [2.05, 4.69) is 5.32 Å². The molecule has 1 atom stereocenters. The van der Waals surface area contributed by atoms with E-state index in [-0.39, 0.29) is 24.0 Å². The molecule has 7 heteroatoms. The normalized spacial score (nSPS) is 12.0. The molecule has 116 valence electrons. The smallest absolute Gasteiger partial charge is 0.258 e. The first-order chi connectivity index (χ1) is 9.79. The Morgan fingerprint density at radius 3 is 2.52 bits per heavy atom. The number of carboxylic acids is 1. The SMILES string of the molecule is CC(C)C[C@H](NC(=O)COc1ccc(Cl)cc1Cl)C(=O)[O-]. The molecule has 0 aliphatic heterocycles. The lowest BCUT2D eigenvalue weighted by Crippen LogP contribution is -2.49. The zero-order chi connectivity index (χ0) is 16.0. The van der Waals surface area contributed by atoms with Gasteiger partial charge in [-0.05, 0) is 30.5 Å². The molecule has 0 aliphatic carbocycles. The molecule has 0 unspecified atom stereocenters. The third-order valence-electron chi connectivity index (χ3n) is 2.58. The van der Waals surface area contributed by atoms with Crippen molar-refractivity contribution in [3.05, 3.63) is 28.2 Å². The maximum Gasteiger partial charge on any atom is 0.258 e. The first kappa shape index (κ1) is 17.6. The minimum atomic E-state index is -1.32. The zero-order valence-electron chi connectivity index (χ0n) is 11.7. The summed E-state index contributed by atoms with van der Waals surface area (Å²) in [7, 11) is 0. The lowest BCUT2D eigenvalue weighted by atomic mass is 10.0. The Morgan fingerprint density at radius 2 is 2.00 bits per heavy atom. The highest BCUT2D eigenvalue weighted by molar-refractivity contribution is 6.35. The Labute approximate surface area is 133 Å². The van der Waals surface area contributed by atoms with E-state index in [4.69, 9.17) is 27.9 Å². The van der Waals surface area contributed by atoms with Gasteiger partial charge in [-0.3, -0.25) is 4.79 Å². The van der Waals surface area contributed by atoms with E-state index in [1.165, 1.54) is 12.1 Å². The second-order valence-corrected chi connectivity index (χ2v) is 5.78. The number of carbonyl (C=O) groups is 2. The molecule has 21 heavy (non-hydrogen) atoms. The standard InChI is InChI=1S/C14H17Cl2NO4/c1-8(2)5-11(14(19)20)17-13(18)7-21-12-4-3-9(15)6-10(12)16/h3-4,6,8,11H,5,7H2,1-2H3,(H,17,18)(H,19,20)/p-1/t11-/m0/s1. The number of aliphatic carboxylic acids is 1. The van der Waals surface area contributed by atoms with Crippen LogP contribution < -0.4 is 15.2 Å². The highest BCUT2D eigenvalue weighted by Crippen LogP contribution is 2.27. The molecular weight excluding hydrogens is 317 g/mol. The predicted molar refractivity (Wildman–Crippen MR) is 78.3 cm³/mol. The second kappa shape index (κ2) is 8.10. The lowest BCUT2D eigenvalue weighted by Gasteiger charge is -2.21. The molecule has 1 aromatic carbocycles. The van der Waals surface area contributed by atoms with E-state index >= 15 is 0 Å². The molecule has 1 N–H and O–H groups in total. The number of amides is 1. The van der Waals surface area contributed by atoms with E-state index in [0.717, 1.165) is 0 Å². The fourth-order valence-corrected chi connectivity index (χ4v) is 2.12. The van der Waals surface area contributed by atoms with Crippen LogP contribution in [-0.4, -0.2) is 24.5 Å². The van der Waals surface area contributed by atoms with Gasteiger partial charge < -0.3 is 20.0 Å². The van der Waals surface area contributed by atoms with Gasteiger partial charge in [-0.1, -0.05) is 37.0 Å². The van der Waals surface area contributed by atoms with Gasteiger partial charge >= 0.3 is 0 Å². The van der Waals surface area contributed by atoms with Crippen molar-refractivity contribution < 1.29 is 19.4 Å². The summed E-state index contributed by atoms with van der Waals surface area (Å²) in [5, 5.41) is 14.0. The summed E-state index contributed by atoms with van der Waals surface area (Å²) in [6.07, 6.45) is 0.287. The number of hydrogen-bond donors (Lipinski definition) is 1. The monoisotopic (exact) mass is 332 g/mol. The summed E-state index contributed by atoms with van der Waals surface area (Å²) in [5.41, 5.74) is 0. The van der Waals surface area contributed by atoms with Gasteiger partial charge in [0.25, 0.3) is 5.91 Å². The molecule has 0 radical (unpaired) electrons. The van der Waals surface area contributed by atoms with Crippen LogP contribution in [0.4, 0.5) is 0 Å². The number of ether oxygens (including phenoxy) is 1. The van der Waals surface area contributed by atoms with Crippen LogP contribution in [0.2, 0.25) is 10.0 Å². The van der Waals surface area contributed by atoms with Crippen molar-refractivity contribution in [2.75, 3.05) is 6.61 Å². The van der Waals surface area contributed by atoms with Gasteiger partial charge in [0.05, 0.1) is 17.0 Å². The summed E-state index contributed by atoms with van der Waals surface area (Å²) in [5.74, 6) is -1.47. The molecule has 5 nitrogen and oxygen atoms in total. The number of rotatable bonds is 7. The number of benzene rings is 1. The maximum atomic E-state index is 11.7. The van der Waals surface area contributed by atoms with Crippen LogP contribution >= 0.6 is 23.2 Å². The van der Waals surface area contributed by atoms with Crippen LogP contribution in [0.5, 0.6) is 5.75 Å². The number of halogens is 2. The molecule has 0 spiro atoms.